The molecule has 0 saturated heterocycles. The maximum absolute atomic E-state index is 10.3. The predicted molar refractivity (Wildman–Crippen MR) is 46.9 cm³/mol. The molecule has 70 valence electrons. The summed E-state index contributed by atoms with van der Waals surface area (Å²) < 4.78 is 0. The average molecular weight is 222 g/mol. The van der Waals surface area contributed by atoms with Crippen molar-refractivity contribution in [2.75, 3.05) is 0 Å². The first kappa shape index (κ1) is 10.2. The van der Waals surface area contributed by atoms with E-state index in [9.17, 15) is 4.79 Å². The second-order valence-corrected chi connectivity index (χ2v) is 3.05. The van der Waals surface area contributed by atoms with Crippen molar-refractivity contribution < 1.29 is 15.0 Å². The van der Waals surface area contributed by atoms with Gasteiger partial charge in [-0.2, -0.15) is 0 Å². The summed E-state index contributed by atoms with van der Waals surface area (Å²) in [5.74, 6) is -1.36. The molecule has 0 fully saturated rings. The van der Waals surface area contributed by atoms with Gasteiger partial charge in [0, 0.05) is 11.8 Å². The number of aliphatic hydroxyl groups excluding tert-OH is 1. The summed E-state index contributed by atoms with van der Waals surface area (Å²) in [6, 6.07) is 1.26. The predicted octanol–water partition coefficient (Wildman–Crippen LogP) is 1.51. The van der Waals surface area contributed by atoms with Gasteiger partial charge in [-0.15, -0.1) is 0 Å². The number of carboxylic acids is 1. The summed E-state index contributed by atoms with van der Waals surface area (Å²) >= 11 is 11.1. The number of nitrogens with zero attached hydrogens (tertiary/aromatic N) is 1. The van der Waals surface area contributed by atoms with E-state index in [1.165, 1.54) is 6.07 Å². The summed E-state index contributed by atoms with van der Waals surface area (Å²) in [6.45, 7) is 0. The van der Waals surface area contributed by atoms with Gasteiger partial charge in [-0.25, -0.2) is 9.78 Å². The highest BCUT2D eigenvalue weighted by Gasteiger charge is 2.17. The smallest absolute Gasteiger partial charge is 0.337 e. The van der Waals surface area contributed by atoms with Crippen LogP contribution in [0, 0.1) is 0 Å². The summed E-state index contributed by atoms with van der Waals surface area (Å²) in [7, 11) is 0. The van der Waals surface area contributed by atoms with Crippen LogP contribution in [-0.2, 0) is 4.79 Å². The van der Waals surface area contributed by atoms with E-state index in [1.54, 1.807) is 0 Å². The van der Waals surface area contributed by atoms with E-state index < -0.39 is 12.1 Å². The van der Waals surface area contributed by atoms with Gasteiger partial charge in [0.25, 0.3) is 0 Å². The Hall–Kier alpha value is -0.840. The van der Waals surface area contributed by atoms with Crippen molar-refractivity contribution in [2.24, 2.45) is 0 Å². The van der Waals surface area contributed by atoms with E-state index in [0.717, 1.165) is 6.20 Å². The van der Waals surface area contributed by atoms with Crippen molar-refractivity contribution in [3.8, 4) is 0 Å². The lowest BCUT2D eigenvalue weighted by atomic mass is 10.2. The number of hydrogen-bond acceptors (Lipinski definition) is 3. The van der Waals surface area contributed by atoms with E-state index in [2.05, 4.69) is 4.98 Å². The minimum Gasteiger partial charge on any atom is -0.479 e. The maximum atomic E-state index is 10.3. The highest BCUT2D eigenvalue weighted by atomic mass is 35.5. The SMILES string of the molecule is O=C(O)C(O)c1cnc(Cl)c(Cl)c1. The Morgan fingerprint density at radius 1 is 1.54 bits per heavy atom. The Kier molecular flexibility index (Phi) is 3.08. The van der Waals surface area contributed by atoms with E-state index in [-0.39, 0.29) is 15.7 Å². The first-order valence-corrected chi connectivity index (χ1v) is 4.00. The number of pyridine rings is 1. The number of rotatable bonds is 2. The molecule has 0 saturated carbocycles. The van der Waals surface area contributed by atoms with Crippen LogP contribution in [0.1, 0.15) is 11.7 Å². The minimum atomic E-state index is -1.62. The number of carboxylic acid groups (broad SMARTS) is 1. The molecule has 1 aromatic rings. The second kappa shape index (κ2) is 3.91. The molecule has 1 atom stereocenters. The highest BCUT2D eigenvalue weighted by molar-refractivity contribution is 6.41. The normalized spacial score (nSPS) is 12.5. The fraction of sp³-hybridized carbons (Fsp3) is 0.143. The molecule has 0 aliphatic heterocycles. The quantitative estimate of drug-likeness (QED) is 0.744. The van der Waals surface area contributed by atoms with Crippen LogP contribution in [0.25, 0.3) is 0 Å². The molecule has 0 aliphatic rings. The van der Waals surface area contributed by atoms with Crippen molar-refractivity contribution in [1.29, 1.82) is 0 Å². The first-order chi connectivity index (χ1) is 6.02. The molecule has 0 bridgehead atoms. The topological polar surface area (TPSA) is 70.4 Å². The Morgan fingerprint density at radius 2 is 2.15 bits per heavy atom. The molecule has 1 heterocycles. The molecular weight excluding hydrogens is 217 g/mol. The first-order valence-electron chi connectivity index (χ1n) is 3.24. The zero-order valence-corrected chi connectivity index (χ0v) is 7.75. The number of aliphatic hydroxyl groups is 1. The molecule has 6 heteroatoms. The average Bonchev–Trinajstić information content (AvgIpc) is 2.08. The van der Waals surface area contributed by atoms with Gasteiger partial charge in [0.15, 0.2) is 6.10 Å². The van der Waals surface area contributed by atoms with Crippen LogP contribution >= 0.6 is 23.2 Å². The molecule has 1 rings (SSSR count). The summed E-state index contributed by atoms with van der Waals surface area (Å²) in [6.07, 6.45) is -0.463. The van der Waals surface area contributed by atoms with Crippen LogP contribution in [0.2, 0.25) is 10.2 Å². The molecule has 0 aliphatic carbocycles. The molecule has 2 N–H and O–H groups in total. The largest absolute Gasteiger partial charge is 0.479 e. The summed E-state index contributed by atoms with van der Waals surface area (Å²) in [4.78, 5) is 13.9. The van der Waals surface area contributed by atoms with Crippen molar-refractivity contribution in [3.05, 3.63) is 28.0 Å². The molecule has 0 radical (unpaired) electrons. The third-order valence-electron chi connectivity index (χ3n) is 1.37. The number of aromatic nitrogens is 1. The summed E-state index contributed by atoms with van der Waals surface area (Å²) in [5.41, 5.74) is 0.0990. The third-order valence-corrected chi connectivity index (χ3v) is 2.05. The van der Waals surface area contributed by atoms with E-state index >= 15 is 0 Å². The molecule has 0 spiro atoms. The van der Waals surface area contributed by atoms with Crippen molar-refractivity contribution >= 4 is 29.2 Å². The number of halogens is 2. The zero-order valence-electron chi connectivity index (χ0n) is 6.24. The van der Waals surface area contributed by atoms with Crippen LogP contribution in [0.4, 0.5) is 0 Å². The second-order valence-electron chi connectivity index (χ2n) is 2.28. The number of aliphatic carboxylic acids is 1. The lowest BCUT2D eigenvalue weighted by Gasteiger charge is -2.05. The Balaban J connectivity index is 3.03. The van der Waals surface area contributed by atoms with Crippen LogP contribution in [0.5, 0.6) is 0 Å². The van der Waals surface area contributed by atoms with Crippen molar-refractivity contribution in [1.82, 2.24) is 4.98 Å². The Morgan fingerprint density at radius 3 is 2.62 bits per heavy atom. The third kappa shape index (κ3) is 2.30. The van der Waals surface area contributed by atoms with Gasteiger partial charge in [-0.1, -0.05) is 23.2 Å². The molecule has 0 amide bonds. The molecule has 13 heavy (non-hydrogen) atoms. The van der Waals surface area contributed by atoms with Gasteiger partial charge in [-0.3, -0.25) is 0 Å². The monoisotopic (exact) mass is 221 g/mol. The fourth-order valence-electron chi connectivity index (χ4n) is 0.728. The van der Waals surface area contributed by atoms with Crippen LogP contribution in [0.15, 0.2) is 12.3 Å². The standard InChI is InChI=1S/C7H5Cl2NO3/c8-4-1-3(2-10-6(4)9)5(11)7(12)13/h1-2,5,11H,(H,12,13). The molecule has 1 unspecified atom stereocenters. The van der Waals surface area contributed by atoms with E-state index in [4.69, 9.17) is 33.4 Å². The maximum Gasteiger partial charge on any atom is 0.337 e. The van der Waals surface area contributed by atoms with Crippen LogP contribution < -0.4 is 0 Å². The van der Waals surface area contributed by atoms with Crippen molar-refractivity contribution in [3.63, 3.8) is 0 Å². The van der Waals surface area contributed by atoms with E-state index in [1.807, 2.05) is 0 Å². The van der Waals surface area contributed by atoms with Gasteiger partial charge in [0.05, 0.1) is 5.02 Å². The van der Waals surface area contributed by atoms with Crippen LogP contribution in [-0.4, -0.2) is 21.2 Å². The van der Waals surface area contributed by atoms with Gasteiger partial charge in [0.2, 0.25) is 0 Å². The Bertz CT molecular complexity index is 343. The fourth-order valence-corrected chi connectivity index (χ4v) is 1.01. The van der Waals surface area contributed by atoms with Crippen molar-refractivity contribution in [2.45, 2.75) is 6.10 Å². The number of hydrogen-bond donors (Lipinski definition) is 2. The molecule has 4 nitrogen and oxygen atoms in total. The molecular formula is C7H5Cl2NO3. The van der Waals surface area contributed by atoms with Gasteiger partial charge in [0.1, 0.15) is 5.15 Å². The zero-order chi connectivity index (χ0) is 10.0. The Labute approximate surface area is 83.7 Å². The highest BCUT2D eigenvalue weighted by Crippen LogP contribution is 2.22. The molecule has 0 aromatic carbocycles. The van der Waals surface area contributed by atoms with Crippen LogP contribution in [0.3, 0.4) is 0 Å². The van der Waals surface area contributed by atoms with Gasteiger partial charge >= 0.3 is 5.97 Å². The number of carbonyl (C=O) groups is 1. The lowest BCUT2D eigenvalue weighted by molar-refractivity contribution is -0.146. The van der Waals surface area contributed by atoms with Gasteiger partial charge in [-0.05, 0) is 6.07 Å². The van der Waals surface area contributed by atoms with E-state index in [0.29, 0.717) is 0 Å². The lowest BCUT2D eigenvalue weighted by Crippen LogP contribution is -2.10. The molecule has 1 aromatic heterocycles. The summed E-state index contributed by atoms with van der Waals surface area (Å²) in [5, 5.41) is 17.7. The van der Waals surface area contributed by atoms with Gasteiger partial charge < -0.3 is 10.2 Å². The minimum absolute atomic E-state index is 0.0722.